The van der Waals surface area contributed by atoms with Crippen LogP contribution in [-0.4, -0.2) is 37.1 Å². The predicted molar refractivity (Wildman–Crippen MR) is 104 cm³/mol. The van der Waals surface area contributed by atoms with Crippen molar-refractivity contribution in [1.29, 1.82) is 0 Å². The molecule has 0 amide bonds. The van der Waals surface area contributed by atoms with Crippen molar-refractivity contribution in [2.75, 3.05) is 0 Å². The van der Waals surface area contributed by atoms with E-state index >= 15 is 0 Å². The zero-order chi connectivity index (χ0) is 18.1. The van der Waals surface area contributed by atoms with Gasteiger partial charge in [-0.3, -0.25) is 0 Å². The van der Waals surface area contributed by atoms with Crippen molar-refractivity contribution in [1.82, 2.24) is 9.97 Å². The normalized spacial score (nSPS) is 10.9. The number of aliphatic hydroxyl groups is 1. The SMILES string of the molecule is Cc1ccc(-c2ncc[nH]2)cc1C(O)c1c(C)cc(C(=O)O)cc1C.O.O.[H-].[Na+]. The van der Waals surface area contributed by atoms with Gasteiger partial charge < -0.3 is 27.6 Å². The van der Waals surface area contributed by atoms with Crippen LogP contribution in [0.5, 0.6) is 0 Å². The second-order valence-electron chi connectivity index (χ2n) is 6.24. The van der Waals surface area contributed by atoms with Crippen molar-refractivity contribution >= 4 is 5.97 Å². The van der Waals surface area contributed by atoms with Gasteiger partial charge in [0.15, 0.2) is 0 Å². The molecule has 146 valence electrons. The Morgan fingerprint density at radius 1 is 1.07 bits per heavy atom. The van der Waals surface area contributed by atoms with Gasteiger partial charge in [0.05, 0.1) is 5.56 Å². The minimum Gasteiger partial charge on any atom is -1.00 e. The number of aliphatic hydroxyl groups excluding tert-OH is 1. The van der Waals surface area contributed by atoms with E-state index in [0.29, 0.717) is 0 Å². The smallest absolute Gasteiger partial charge is 1.00 e. The maximum Gasteiger partial charge on any atom is 1.00 e. The van der Waals surface area contributed by atoms with E-state index in [1.807, 2.05) is 39.0 Å². The number of carboxylic acids is 1. The third-order valence-electron chi connectivity index (χ3n) is 4.46. The van der Waals surface area contributed by atoms with Gasteiger partial charge in [0.1, 0.15) is 11.9 Å². The Morgan fingerprint density at radius 3 is 2.18 bits per heavy atom. The molecule has 8 heteroatoms. The van der Waals surface area contributed by atoms with Gasteiger partial charge in [-0.2, -0.15) is 0 Å². The van der Waals surface area contributed by atoms with Crippen molar-refractivity contribution < 1.29 is 56.9 Å². The van der Waals surface area contributed by atoms with Crippen molar-refractivity contribution in [2.45, 2.75) is 26.9 Å². The number of carbonyl (C=O) groups is 1. The fourth-order valence-corrected chi connectivity index (χ4v) is 3.19. The molecule has 3 aromatic rings. The maximum absolute atomic E-state index is 11.2. The number of hydrogen-bond acceptors (Lipinski definition) is 3. The summed E-state index contributed by atoms with van der Waals surface area (Å²) < 4.78 is 0. The monoisotopic (exact) mass is 396 g/mol. The Hall–Kier alpha value is -2.00. The second-order valence-corrected chi connectivity index (χ2v) is 6.24. The fourth-order valence-electron chi connectivity index (χ4n) is 3.19. The molecule has 0 aliphatic rings. The summed E-state index contributed by atoms with van der Waals surface area (Å²) in [5.41, 5.74) is 5.12. The number of nitrogens with one attached hydrogen (secondary N) is 1. The average Bonchev–Trinajstić information content (AvgIpc) is 3.08. The number of carboxylic acid groups (broad SMARTS) is 1. The van der Waals surface area contributed by atoms with Gasteiger partial charge >= 0.3 is 35.5 Å². The summed E-state index contributed by atoms with van der Waals surface area (Å²) in [6.07, 6.45) is 2.60. The zero-order valence-corrected chi connectivity index (χ0v) is 18.4. The molecule has 1 aromatic heterocycles. The number of benzene rings is 2. The summed E-state index contributed by atoms with van der Waals surface area (Å²) in [7, 11) is 0. The molecular weight excluding hydrogens is 371 g/mol. The van der Waals surface area contributed by atoms with E-state index in [0.717, 1.165) is 39.2 Å². The van der Waals surface area contributed by atoms with Crippen LogP contribution in [0.2, 0.25) is 0 Å². The summed E-state index contributed by atoms with van der Waals surface area (Å²) in [6.45, 7) is 5.59. The maximum atomic E-state index is 11.2. The first-order valence-corrected chi connectivity index (χ1v) is 8.01. The molecule has 0 saturated carbocycles. The van der Waals surface area contributed by atoms with Gasteiger partial charge in [-0.15, -0.1) is 0 Å². The molecule has 0 fully saturated rings. The number of nitrogens with zero attached hydrogens (tertiary/aromatic N) is 1. The first kappa shape index (κ1) is 26.0. The number of rotatable bonds is 4. The molecular formula is C20H25N2NaO5. The summed E-state index contributed by atoms with van der Waals surface area (Å²) in [4.78, 5) is 18.5. The number of aromatic amines is 1. The molecule has 0 bridgehead atoms. The first-order valence-electron chi connectivity index (χ1n) is 8.01. The van der Waals surface area contributed by atoms with Crippen LogP contribution < -0.4 is 29.6 Å². The van der Waals surface area contributed by atoms with Crippen molar-refractivity contribution in [3.05, 3.63) is 76.1 Å². The number of H-pyrrole nitrogens is 1. The van der Waals surface area contributed by atoms with E-state index in [-0.39, 0.29) is 47.5 Å². The standard InChI is InChI=1S/C20H20N2O3.Na.2H2O.H/c1-11-4-5-14(19-21-6-7-22-19)10-16(11)18(23)17-12(2)8-15(20(24)25)9-13(17)3;;;;/h4-10,18,23H,1-3H3,(H,21,22)(H,24,25);;2*1H2;/q;+1;;;-1. The van der Waals surface area contributed by atoms with Gasteiger partial charge in [0.2, 0.25) is 0 Å². The third-order valence-corrected chi connectivity index (χ3v) is 4.46. The van der Waals surface area contributed by atoms with Crippen LogP contribution >= 0.6 is 0 Å². The summed E-state index contributed by atoms with van der Waals surface area (Å²) in [5.74, 6) is -0.230. The van der Waals surface area contributed by atoms with E-state index in [9.17, 15) is 15.0 Å². The van der Waals surface area contributed by atoms with Gasteiger partial charge in [0, 0.05) is 18.0 Å². The predicted octanol–water partition coefficient (Wildman–Crippen LogP) is -0.751. The van der Waals surface area contributed by atoms with Crippen LogP contribution in [0.1, 0.15) is 45.7 Å². The van der Waals surface area contributed by atoms with Gasteiger partial charge in [-0.1, -0.05) is 12.1 Å². The van der Waals surface area contributed by atoms with Gasteiger partial charge in [-0.05, 0) is 66.8 Å². The molecule has 7 nitrogen and oxygen atoms in total. The van der Waals surface area contributed by atoms with E-state index < -0.39 is 12.1 Å². The summed E-state index contributed by atoms with van der Waals surface area (Å²) in [6, 6.07) is 9.02. The molecule has 1 heterocycles. The first-order chi connectivity index (χ1) is 11.9. The largest absolute Gasteiger partial charge is 1.00 e. The Kier molecular flexibility index (Phi) is 9.77. The summed E-state index contributed by atoms with van der Waals surface area (Å²) in [5, 5.41) is 20.2. The zero-order valence-electron chi connectivity index (χ0n) is 17.4. The van der Waals surface area contributed by atoms with Crippen LogP contribution in [0.15, 0.2) is 42.7 Å². The van der Waals surface area contributed by atoms with Crippen LogP contribution in [-0.2, 0) is 0 Å². The minimum absolute atomic E-state index is 0. The van der Waals surface area contributed by atoms with E-state index in [4.69, 9.17) is 0 Å². The second kappa shape index (κ2) is 10.5. The Bertz CT molecular complexity index is 925. The quantitative estimate of drug-likeness (QED) is 0.497. The number of imidazole rings is 1. The topological polar surface area (TPSA) is 149 Å². The Labute approximate surface area is 186 Å². The van der Waals surface area contributed by atoms with E-state index in [2.05, 4.69) is 9.97 Å². The number of aryl methyl sites for hydroxylation is 3. The molecule has 0 aliphatic heterocycles. The number of aromatic nitrogens is 2. The molecule has 3 rings (SSSR count). The third kappa shape index (κ3) is 5.08. The number of hydrogen-bond donors (Lipinski definition) is 3. The van der Waals surface area contributed by atoms with Gasteiger partial charge in [-0.25, -0.2) is 9.78 Å². The molecule has 1 atom stereocenters. The molecule has 0 aliphatic carbocycles. The fraction of sp³-hybridized carbons (Fsp3) is 0.200. The number of aromatic carboxylic acids is 1. The molecule has 2 aromatic carbocycles. The summed E-state index contributed by atoms with van der Waals surface area (Å²) >= 11 is 0. The molecule has 1 unspecified atom stereocenters. The van der Waals surface area contributed by atoms with Crippen molar-refractivity contribution in [2.24, 2.45) is 0 Å². The molecule has 7 N–H and O–H groups in total. The van der Waals surface area contributed by atoms with Crippen molar-refractivity contribution in [3.63, 3.8) is 0 Å². The molecule has 0 radical (unpaired) electrons. The molecule has 0 spiro atoms. The minimum atomic E-state index is -0.969. The van der Waals surface area contributed by atoms with Crippen LogP contribution in [0.25, 0.3) is 11.4 Å². The van der Waals surface area contributed by atoms with Crippen LogP contribution in [0.4, 0.5) is 0 Å². The Balaban J connectivity index is 0. The van der Waals surface area contributed by atoms with Crippen molar-refractivity contribution in [3.8, 4) is 11.4 Å². The van der Waals surface area contributed by atoms with E-state index in [1.54, 1.807) is 24.5 Å². The van der Waals surface area contributed by atoms with Gasteiger partial charge in [0.25, 0.3) is 0 Å². The van der Waals surface area contributed by atoms with E-state index in [1.165, 1.54) is 0 Å². The van der Waals surface area contributed by atoms with Crippen LogP contribution in [0, 0.1) is 20.8 Å². The van der Waals surface area contributed by atoms with Crippen LogP contribution in [0.3, 0.4) is 0 Å². The molecule has 0 saturated heterocycles. The molecule has 28 heavy (non-hydrogen) atoms. The average molecular weight is 396 g/mol. The Morgan fingerprint density at radius 2 is 1.68 bits per heavy atom.